The highest BCUT2D eigenvalue weighted by molar-refractivity contribution is 8.00. The Morgan fingerprint density at radius 1 is 1.10 bits per heavy atom. The summed E-state index contributed by atoms with van der Waals surface area (Å²) >= 11 is 1.38. The molecule has 7 nitrogen and oxygen atoms in total. The third-order valence-electron chi connectivity index (χ3n) is 5.66. The lowest BCUT2D eigenvalue weighted by Crippen LogP contribution is -2.49. The summed E-state index contributed by atoms with van der Waals surface area (Å²) in [4.78, 5) is 29.4. The maximum Gasteiger partial charge on any atom is 0.234 e. The Morgan fingerprint density at radius 3 is 2.52 bits per heavy atom. The molecule has 0 bridgehead atoms. The fourth-order valence-corrected chi connectivity index (χ4v) is 5.96. The molecule has 164 valence electrons. The molecule has 2 aliphatic heterocycles. The van der Waals surface area contributed by atoms with E-state index in [4.69, 9.17) is 0 Å². The molecule has 0 aliphatic carbocycles. The molecule has 2 aromatic rings. The van der Waals surface area contributed by atoms with Crippen LogP contribution < -0.4 is 10.2 Å². The van der Waals surface area contributed by atoms with Crippen LogP contribution in [-0.4, -0.2) is 62.3 Å². The smallest absolute Gasteiger partial charge is 0.234 e. The molecule has 1 saturated heterocycles. The van der Waals surface area contributed by atoms with Crippen molar-refractivity contribution in [3.63, 3.8) is 0 Å². The number of nitrogens with one attached hydrogen (secondary N) is 1. The first-order valence-corrected chi connectivity index (χ1v) is 12.8. The van der Waals surface area contributed by atoms with E-state index in [9.17, 15) is 18.0 Å². The third-order valence-corrected chi connectivity index (χ3v) is 8.87. The number of carbonyl (C=O) groups is 2. The highest BCUT2D eigenvalue weighted by Gasteiger charge is 2.30. The van der Waals surface area contributed by atoms with Gasteiger partial charge < -0.3 is 15.1 Å². The van der Waals surface area contributed by atoms with Gasteiger partial charge in [-0.15, -0.1) is 11.8 Å². The molecule has 1 atom stereocenters. The van der Waals surface area contributed by atoms with Gasteiger partial charge in [0.2, 0.25) is 11.8 Å². The SMILES string of the molecule is C[C@H](CC(=O)N1CCN(c2ccccc2)CC1)S(=O)(=O)c1ccc2c(c1)NC(=O)CS2. The molecular weight excluding hydrogens is 434 g/mol. The molecule has 1 N–H and O–H groups in total. The number of amides is 2. The average molecular weight is 460 g/mol. The lowest BCUT2D eigenvalue weighted by atomic mass is 10.2. The molecule has 0 radical (unpaired) electrons. The summed E-state index contributed by atoms with van der Waals surface area (Å²) in [6.45, 7) is 4.16. The molecule has 0 unspecified atom stereocenters. The number of fused-ring (bicyclic) bond motifs is 1. The van der Waals surface area contributed by atoms with Crippen molar-refractivity contribution in [1.29, 1.82) is 0 Å². The summed E-state index contributed by atoms with van der Waals surface area (Å²) in [5.41, 5.74) is 1.64. The number of sulfone groups is 1. The summed E-state index contributed by atoms with van der Waals surface area (Å²) in [6, 6.07) is 14.8. The van der Waals surface area contributed by atoms with E-state index in [2.05, 4.69) is 10.2 Å². The predicted octanol–water partition coefficient (Wildman–Crippen LogP) is 2.63. The Bertz CT molecular complexity index is 1080. The van der Waals surface area contributed by atoms with Gasteiger partial charge in [-0.3, -0.25) is 9.59 Å². The zero-order valence-corrected chi connectivity index (χ0v) is 18.9. The average Bonchev–Trinajstić information content (AvgIpc) is 2.79. The molecule has 2 heterocycles. The van der Waals surface area contributed by atoms with Crippen molar-refractivity contribution in [1.82, 2.24) is 4.90 Å². The van der Waals surface area contributed by atoms with Crippen molar-refractivity contribution in [2.45, 2.75) is 28.4 Å². The van der Waals surface area contributed by atoms with Gasteiger partial charge in [0.1, 0.15) is 0 Å². The lowest BCUT2D eigenvalue weighted by Gasteiger charge is -2.36. The summed E-state index contributed by atoms with van der Waals surface area (Å²) in [6.07, 6.45) is -0.0636. The van der Waals surface area contributed by atoms with E-state index in [-0.39, 0.29) is 23.1 Å². The second kappa shape index (κ2) is 8.92. The van der Waals surface area contributed by atoms with Crippen molar-refractivity contribution in [2.24, 2.45) is 0 Å². The normalized spacial score (nSPS) is 17.6. The number of thioether (sulfide) groups is 1. The van der Waals surface area contributed by atoms with E-state index in [0.29, 0.717) is 24.5 Å². The molecule has 0 spiro atoms. The van der Waals surface area contributed by atoms with Crippen LogP contribution in [0.5, 0.6) is 0 Å². The van der Waals surface area contributed by atoms with Gasteiger partial charge in [0.15, 0.2) is 9.84 Å². The summed E-state index contributed by atoms with van der Waals surface area (Å²) in [5, 5.41) is 1.87. The zero-order chi connectivity index (χ0) is 22.0. The van der Waals surface area contributed by atoms with E-state index >= 15 is 0 Å². The summed E-state index contributed by atoms with van der Waals surface area (Å²) < 4.78 is 26.1. The van der Waals surface area contributed by atoms with E-state index in [1.165, 1.54) is 17.8 Å². The molecule has 0 aromatic heterocycles. The second-order valence-electron chi connectivity index (χ2n) is 7.76. The fourth-order valence-electron chi connectivity index (χ4n) is 3.81. The van der Waals surface area contributed by atoms with Crippen LogP contribution in [0.2, 0.25) is 0 Å². The van der Waals surface area contributed by atoms with Crippen LogP contribution in [0.1, 0.15) is 13.3 Å². The van der Waals surface area contributed by atoms with E-state index < -0.39 is 15.1 Å². The molecule has 0 saturated carbocycles. The van der Waals surface area contributed by atoms with Crippen LogP contribution >= 0.6 is 11.8 Å². The molecule has 2 amide bonds. The van der Waals surface area contributed by atoms with Crippen molar-refractivity contribution in [3.05, 3.63) is 48.5 Å². The lowest BCUT2D eigenvalue weighted by molar-refractivity contribution is -0.131. The Hall–Kier alpha value is -2.52. The summed E-state index contributed by atoms with van der Waals surface area (Å²) in [7, 11) is -3.70. The number of nitrogens with zero attached hydrogens (tertiary/aromatic N) is 2. The number of piperazine rings is 1. The fraction of sp³-hybridized carbons (Fsp3) is 0.364. The maximum atomic E-state index is 13.1. The molecular formula is C22H25N3O4S2. The van der Waals surface area contributed by atoms with Gasteiger partial charge in [-0.25, -0.2) is 8.42 Å². The van der Waals surface area contributed by atoms with Gasteiger partial charge in [-0.2, -0.15) is 0 Å². The van der Waals surface area contributed by atoms with Gasteiger partial charge in [0, 0.05) is 43.2 Å². The molecule has 1 fully saturated rings. The van der Waals surface area contributed by atoms with Crippen LogP contribution in [-0.2, 0) is 19.4 Å². The minimum Gasteiger partial charge on any atom is -0.368 e. The molecule has 31 heavy (non-hydrogen) atoms. The Morgan fingerprint density at radius 2 is 1.81 bits per heavy atom. The van der Waals surface area contributed by atoms with Crippen LogP contribution in [0.15, 0.2) is 58.3 Å². The molecule has 2 aromatic carbocycles. The number of hydrogen-bond donors (Lipinski definition) is 1. The largest absolute Gasteiger partial charge is 0.368 e. The molecule has 9 heteroatoms. The van der Waals surface area contributed by atoms with Crippen molar-refractivity contribution in [3.8, 4) is 0 Å². The monoisotopic (exact) mass is 459 g/mol. The number of para-hydroxylation sites is 1. The first-order valence-electron chi connectivity index (χ1n) is 10.2. The number of rotatable bonds is 5. The van der Waals surface area contributed by atoms with Crippen molar-refractivity contribution >= 4 is 44.8 Å². The van der Waals surface area contributed by atoms with Gasteiger partial charge in [-0.05, 0) is 37.3 Å². The molecule has 2 aliphatic rings. The minimum absolute atomic E-state index is 0.0636. The van der Waals surface area contributed by atoms with E-state index in [1.54, 1.807) is 24.0 Å². The van der Waals surface area contributed by atoms with Crippen LogP contribution in [0.4, 0.5) is 11.4 Å². The highest BCUT2D eigenvalue weighted by Crippen LogP contribution is 2.34. The standard InChI is InChI=1S/C22H25N3O4S2/c1-16(31(28,29)18-7-8-20-19(14-18)23-21(26)15-30-20)13-22(27)25-11-9-24(10-12-25)17-5-3-2-4-6-17/h2-8,14,16H,9-13,15H2,1H3,(H,23,26)/t16-/m1/s1. The number of carbonyl (C=O) groups excluding carboxylic acids is 2. The highest BCUT2D eigenvalue weighted by atomic mass is 32.2. The number of hydrogen-bond acceptors (Lipinski definition) is 6. The van der Waals surface area contributed by atoms with Gasteiger partial charge in [0.25, 0.3) is 0 Å². The van der Waals surface area contributed by atoms with Crippen molar-refractivity contribution in [2.75, 3.05) is 42.1 Å². The first kappa shape index (κ1) is 21.7. The van der Waals surface area contributed by atoms with Gasteiger partial charge in [0.05, 0.1) is 21.6 Å². The van der Waals surface area contributed by atoms with Crippen LogP contribution in [0.25, 0.3) is 0 Å². The first-order chi connectivity index (χ1) is 14.8. The van der Waals surface area contributed by atoms with E-state index in [0.717, 1.165) is 23.7 Å². The number of anilines is 2. The van der Waals surface area contributed by atoms with Crippen LogP contribution in [0.3, 0.4) is 0 Å². The van der Waals surface area contributed by atoms with Crippen LogP contribution in [0, 0.1) is 0 Å². The van der Waals surface area contributed by atoms with Crippen molar-refractivity contribution < 1.29 is 18.0 Å². The van der Waals surface area contributed by atoms with E-state index in [1.807, 2.05) is 30.3 Å². The Kier molecular flexibility index (Phi) is 6.24. The second-order valence-corrected chi connectivity index (χ2v) is 11.1. The molecule has 4 rings (SSSR count). The maximum absolute atomic E-state index is 13.1. The Labute approximate surface area is 186 Å². The van der Waals surface area contributed by atoms with Gasteiger partial charge in [-0.1, -0.05) is 18.2 Å². The topological polar surface area (TPSA) is 86.8 Å². The zero-order valence-electron chi connectivity index (χ0n) is 17.3. The number of benzene rings is 2. The quantitative estimate of drug-likeness (QED) is 0.740. The predicted molar refractivity (Wildman–Crippen MR) is 122 cm³/mol. The third kappa shape index (κ3) is 4.72. The Balaban J connectivity index is 1.38. The summed E-state index contributed by atoms with van der Waals surface area (Å²) in [5.74, 6) is 0.0252. The van der Waals surface area contributed by atoms with Gasteiger partial charge >= 0.3 is 0 Å². The minimum atomic E-state index is -3.70.